The number of hydrogen-bond acceptors (Lipinski definition) is 5. The van der Waals surface area contributed by atoms with Gasteiger partial charge in [-0.25, -0.2) is 13.4 Å². The lowest BCUT2D eigenvalue weighted by molar-refractivity contribution is 0.0754. The van der Waals surface area contributed by atoms with Crippen molar-refractivity contribution in [1.29, 1.82) is 0 Å². The maximum Gasteiger partial charge on any atom is 0.261 e. The number of amides is 1. The monoisotopic (exact) mass is 477 g/mol. The van der Waals surface area contributed by atoms with Crippen molar-refractivity contribution in [3.05, 3.63) is 83.9 Å². The summed E-state index contributed by atoms with van der Waals surface area (Å²) in [6.45, 7) is 7.32. The summed E-state index contributed by atoms with van der Waals surface area (Å²) in [5, 5.41) is 0. The van der Waals surface area contributed by atoms with Gasteiger partial charge in [0, 0.05) is 32.0 Å². The van der Waals surface area contributed by atoms with Crippen LogP contribution in [-0.2, 0) is 23.1 Å². The van der Waals surface area contributed by atoms with E-state index in [1.165, 1.54) is 12.1 Å². The molecule has 4 aromatic rings. The van der Waals surface area contributed by atoms with Crippen LogP contribution in [0, 0.1) is 6.92 Å². The number of aryl methyl sites for hydroxylation is 2. The molecule has 1 N–H and O–H groups in total. The zero-order valence-corrected chi connectivity index (χ0v) is 20.2. The molecule has 0 bridgehead atoms. The van der Waals surface area contributed by atoms with E-state index in [9.17, 15) is 13.2 Å². The number of aromatic nitrogens is 3. The molecule has 8 nitrogen and oxygen atoms in total. The van der Waals surface area contributed by atoms with Crippen molar-refractivity contribution in [1.82, 2.24) is 19.4 Å². The summed E-state index contributed by atoms with van der Waals surface area (Å²) in [7, 11) is -3.82. The number of pyridine rings is 1. The number of sulfonamides is 1. The molecule has 0 aliphatic heterocycles. The second-order valence-electron chi connectivity index (χ2n) is 7.89. The van der Waals surface area contributed by atoms with Gasteiger partial charge in [-0.05, 0) is 62.7 Å². The summed E-state index contributed by atoms with van der Waals surface area (Å²) in [5.74, 6) is 0.562. The van der Waals surface area contributed by atoms with Crippen molar-refractivity contribution in [2.24, 2.45) is 0 Å². The number of benzene rings is 2. The largest absolute Gasteiger partial charge is 0.335 e. The van der Waals surface area contributed by atoms with E-state index in [1.807, 2.05) is 37.5 Å². The number of carbonyl (C=O) groups is 1. The molecule has 0 saturated heterocycles. The fourth-order valence-electron chi connectivity index (χ4n) is 4.01. The van der Waals surface area contributed by atoms with E-state index in [0.717, 1.165) is 11.4 Å². The zero-order valence-electron chi connectivity index (χ0n) is 19.4. The third-order valence-corrected chi connectivity index (χ3v) is 7.07. The highest BCUT2D eigenvalue weighted by Gasteiger charge is 2.23. The number of carbonyl (C=O) groups excluding carboxylic acids is 1. The van der Waals surface area contributed by atoms with Gasteiger partial charge in [-0.15, -0.1) is 0 Å². The molecular formula is C25H27N5O3S. The van der Waals surface area contributed by atoms with Crippen LogP contribution in [0.5, 0.6) is 0 Å². The van der Waals surface area contributed by atoms with E-state index in [0.29, 0.717) is 41.9 Å². The third kappa shape index (κ3) is 4.65. The average molecular weight is 478 g/mol. The standard InChI is InChI=1S/C25H27N5O3S/c1-4-29(17-19-11-13-26-14-12-19)25(31)22-15-20(16-23-24(22)30(5-2)18(3)27-23)28-34(32,33)21-9-7-6-8-10-21/h6-16,28H,4-5,17H2,1-3H3. The summed E-state index contributed by atoms with van der Waals surface area (Å²) in [6, 6.07) is 15.1. The van der Waals surface area contributed by atoms with Crippen LogP contribution in [0.2, 0.25) is 0 Å². The van der Waals surface area contributed by atoms with Gasteiger partial charge in [0.05, 0.1) is 27.2 Å². The molecule has 2 aromatic carbocycles. The van der Waals surface area contributed by atoms with Crippen molar-refractivity contribution in [3.63, 3.8) is 0 Å². The fourth-order valence-corrected chi connectivity index (χ4v) is 5.07. The first-order valence-corrected chi connectivity index (χ1v) is 12.6. The van der Waals surface area contributed by atoms with Gasteiger partial charge in [0.1, 0.15) is 5.82 Å². The molecule has 0 atom stereocenters. The Morgan fingerprint density at radius 3 is 2.41 bits per heavy atom. The van der Waals surface area contributed by atoms with Gasteiger partial charge in [-0.2, -0.15) is 0 Å². The molecular weight excluding hydrogens is 450 g/mol. The molecule has 9 heteroatoms. The van der Waals surface area contributed by atoms with Gasteiger partial charge in [0.2, 0.25) is 0 Å². The maximum absolute atomic E-state index is 13.8. The summed E-state index contributed by atoms with van der Waals surface area (Å²) in [5.41, 5.74) is 2.92. The topological polar surface area (TPSA) is 97.2 Å². The number of fused-ring (bicyclic) bond motifs is 1. The highest BCUT2D eigenvalue weighted by atomic mass is 32.2. The van der Waals surface area contributed by atoms with E-state index in [4.69, 9.17) is 0 Å². The SMILES string of the molecule is CCN(Cc1ccncc1)C(=O)c1cc(NS(=O)(=O)c2ccccc2)cc2nc(C)n(CC)c12. The van der Waals surface area contributed by atoms with Gasteiger partial charge < -0.3 is 9.47 Å². The van der Waals surface area contributed by atoms with Crippen LogP contribution < -0.4 is 4.72 Å². The first kappa shape index (κ1) is 23.4. The maximum atomic E-state index is 13.8. The molecule has 1 amide bonds. The van der Waals surface area contributed by atoms with Gasteiger partial charge in [-0.3, -0.25) is 14.5 Å². The van der Waals surface area contributed by atoms with Gasteiger partial charge in [-0.1, -0.05) is 18.2 Å². The first-order chi connectivity index (χ1) is 16.3. The lowest BCUT2D eigenvalue weighted by atomic mass is 10.1. The minimum atomic E-state index is -3.82. The lowest BCUT2D eigenvalue weighted by Crippen LogP contribution is -2.31. The Morgan fingerprint density at radius 2 is 1.76 bits per heavy atom. The third-order valence-electron chi connectivity index (χ3n) is 5.68. The first-order valence-electron chi connectivity index (χ1n) is 11.1. The van der Waals surface area contributed by atoms with Gasteiger partial charge in [0.25, 0.3) is 15.9 Å². The van der Waals surface area contributed by atoms with Crippen molar-refractivity contribution >= 4 is 32.7 Å². The molecule has 0 radical (unpaired) electrons. The van der Waals surface area contributed by atoms with E-state index < -0.39 is 10.0 Å². The van der Waals surface area contributed by atoms with E-state index in [-0.39, 0.29) is 10.8 Å². The molecule has 0 aliphatic carbocycles. The van der Waals surface area contributed by atoms with Gasteiger partial charge in [0.15, 0.2) is 0 Å². The predicted octanol–water partition coefficient (Wildman–Crippen LogP) is 4.22. The molecule has 0 saturated carbocycles. The van der Waals surface area contributed by atoms with Gasteiger partial charge >= 0.3 is 0 Å². The van der Waals surface area contributed by atoms with E-state index >= 15 is 0 Å². The second-order valence-corrected chi connectivity index (χ2v) is 9.57. The van der Waals surface area contributed by atoms with E-state index in [1.54, 1.807) is 47.6 Å². The molecule has 0 spiro atoms. The summed E-state index contributed by atoms with van der Waals surface area (Å²) in [4.78, 5) is 24.3. The predicted molar refractivity (Wildman–Crippen MR) is 132 cm³/mol. The molecule has 0 fully saturated rings. The minimum absolute atomic E-state index is 0.145. The van der Waals surface area contributed by atoms with Crippen LogP contribution in [0.3, 0.4) is 0 Å². The molecule has 176 valence electrons. The number of nitrogens with one attached hydrogen (secondary N) is 1. The van der Waals surface area contributed by atoms with Crippen LogP contribution in [0.4, 0.5) is 5.69 Å². The number of anilines is 1. The Kier molecular flexibility index (Phi) is 6.65. The summed E-state index contributed by atoms with van der Waals surface area (Å²) in [6.07, 6.45) is 3.39. The Bertz CT molecular complexity index is 1420. The molecule has 34 heavy (non-hydrogen) atoms. The second kappa shape index (κ2) is 9.64. The quantitative estimate of drug-likeness (QED) is 0.410. The molecule has 0 aliphatic rings. The van der Waals surface area contributed by atoms with Crippen LogP contribution in [-0.4, -0.2) is 40.3 Å². The summed E-state index contributed by atoms with van der Waals surface area (Å²) < 4.78 is 30.5. The molecule has 2 aromatic heterocycles. The minimum Gasteiger partial charge on any atom is -0.335 e. The lowest BCUT2D eigenvalue weighted by Gasteiger charge is -2.22. The Balaban J connectivity index is 1.80. The highest BCUT2D eigenvalue weighted by Crippen LogP contribution is 2.28. The number of nitrogens with zero attached hydrogens (tertiary/aromatic N) is 4. The average Bonchev–Trinajstić information content (AvgIpc) is 3.17. The fraction of sp³-hybridized carbons (Fsp3) is 0.240. The smallest absolute Gasteiger partial charge is 0.261 e. The molecule has 4 rings (SSSR count). The zero-order chi connectivity index (χ0) is 24.3. The van der Waals surface area contributed by atoms with Crippen LogP contribution in [0.25, 0.3) is 11.0 Å². The van der Waals surface area contributed by atoms with Crippen molar-refractivity contribution in [2.45, 2.75) is 38.8 Å². The Hall–Kier alpha value is -3.72. The van der Waals surface area contributed by atoms with Crippen molar-refractivity contribution in [3.8, 4) is 0 Å². The molecule has 2 heterocycles. The van der Waals surface area contributed by atoms with Crippen molar-refractivity contribution < 1.29 is 13.2 Å². The number of hydrogen-bond donors (Lipinski definition) is 1. The van der Waals surface area contributed by atoms with Crippen molar-refractivity contribution in [2.75, 3.05) is 11.3 Å². The number of rotatable bonds is 8. The molecule has 0 unspecified atom stereocenters. The van der Waals surface area contributed by atoms with Crippen LogP contribution in [0.1, 0.15) is 35.6 Å². The van der Waals surface area contributed by atoms with Crippen LogP contribution >= 0.6 is 0 Å². The normalized spacial score (nSPS) is 11.5. The highest BCUT2D eigenvalue weighted by molar-refractivity contribution is 7.92. The Labute approximate surface area is 199 Å². The van der Waals surface area contributed by atoms with E-state index in [2.05, 4.69) is 14.7 Å². The van der Waals surface area contributed by atoms with Crippen LogP contribution in [0.15, 0.2) is 71.9 Å². The Morgan fingerprint density at radius 1 is 1.06 bits per heavy atom. The summed E-state index contributed by atoms with van der Waals surface area (Å²) >= 11 is 0. The number of imidazole rings is 1.